The molecule has 3 rings (SSSR count). The van der Waals surface area contributed by atoms with Gasteiger partial charge in [-0.1, -0.05) is 29.0 Å². The van der Waals surface area contributed by atoms with E-state index < -0.39 is 0 Å². The number of nitrogens with zero attached hydrogens (tertiary/aromatic N) is 2. The number of halogens is 1. The number of anilines is 1. The maximum absolute atomic E-state index is 12.3. The predicted octanol–water partition coefficient (Wildman–Crippen LogP) is 4.25. The van der Waals surface area contributed by atoms with Crippen LogP contribution in [-0.4, -0.2) is 35.4 Å². The molecule has 0 saturated heterocycles. The molecule has 144 valence electrons. The monoisotopic (exact) mass is 417 g/mol. The molecule has 0 aliphatic heterocycles. The van der Waals surface area contributed by atoms with Gasteiger partial charge < -0.3 is 19.9 Å². The van der Waals surface area contributed by atoms with Gasteiger partial charge in [-0.25, -0.2) is 0 Å². The van der Waals surface area contributed by atoms with E-state index in [1.807, 2.05) is 0 Å². The van der Waals surface area contributed by atoms with Gasteiger partial charge in [0.15, 0.2) is 16.5 Å². The van der Waals surface area contributed by atoms with Gasteiger partial charge in [-0.2, -0.15) is 0 Å². The van der Waals surface area contributed by atoms with Crippen molar-refractivity contribution in [2.75, 3.05) is 19.5 Å². The van der Waals surface area contributed by atoms with Crippen molar-refractivity contribution in [3.8, 4) is 17.2 Å². The molecule has 0 aliphatic rings. The molecule has 0 bridgehead atoms. The van der Waals surface area contributed by atoms with E-state index in [1.165, 1.54) is 13.2 Å². The Morgan fingerprint density at radius 1 is 1.11 bits per heavy atom. The summed E-state index contributed by atoms with van der Waals surface area (Å²) in [6, 6.07) is 11.8. The molecule has 9 heteroatoms. The van der Waals surface area contributed by atoms with Crippen LogP contribution in [0.2, 0.25) is 0 Å². The molecule has 0 aliphatic carbocycles. The van der Waals surface area contributed by atoms with Gasteiger partial charge in [-0.3, -0.25) is 4.79 Å². The number of nitrogens with one attached hydrogen (secondary N) is 1. The second-order valence-corrected chi connectivity index (χ2v) is 6.90. The molecule has 0 unspecified atom stereocenters. The summed E-state index contributed by atoms with van der Waals surface area (Å²) in [6.45, 7) is 0. The third-order valence-electron chi connectivity index (χ3n) is 3.67. The van der Waals surface area contributed by atoms with Crippen molar-refractivity contribution in [1.29, 1.82) is 0 Å². The van der Waals surface area contributed by atoms with E-state index in [0.717, 1.165) is 11.3 Å². The Hall–Kier alpha value is -3.10. The number of hydrogen-bond acceptors (Lipinski definition) is 7. The lowest BCUT2D eigenvalue weighted by molar-refractivity contribution is 0.102. The predicted molar refractivity (Wildman–Crippen MR) is 109 cm³/mol. The van der Waals surface area contributed by atoms with Gasteiger partial charge >= 0.3 is 0 Å². The Bertz CT molecular complexity index is 1020. The molecule has 7 nitrogen and oxygen atoms in total. The number of rotatable bonds is 6. The topological polar surface area (TPSA) is 93.6 Å². The van der Waals surface area contributed by atoms with Gasteiger partial charge in [0.2, 0.25) is 5.01 Å². The van der Waals surface area contributed by atoms with Gasteiger partial charge in [-0.05, 0) is 48.0 Å². The second-order valence-electron chi connectivity index (χ2n) is 5.52. The number of aromatic nitrogens is 2. The highest BCUT2D eigenvalue weighted by Crippen LogP contribution is 2.30. The van der Waals surface area contributed by atoms with Crippen LogP contribution in [0.1, 0.15) is 20.4 Å². The standard InChI is InChI=1S/C19H16ClN3O4S/c1-26-13-6-4-12(5-7-13)21-17(25)19-23-22-18(28-19)14(20)9-11-3-8-16(27-2)15(24)10-11/h3-10,24H,1-2H3,(H,21,25). The summed E-state index contributed by atoms with van der Waals surface area (Å²) in [4.78, 5) is 12.3. The Morgan fingerprint density at radius 2 is 1.82 bits per heavy atom. The van der Waals surface area contributed by atoms with Crippen LogP contribution in [0.4, 0.5) is 5.69 Å². The number of ether oxygens (including phenoxy) is 2. The minimum atomic E-state index is -0.388. The van der Waals surface area contributed by atoms with E-state index in [9.17, 15) is 9.90 Å². The van der Waals surface area contributed by atoms with Crippen LogP contribution >= 0.6 is 22.9 Å². The molecule has 1 amide bonds. The maximum atomic E-state index is 12.3. The highest BCUT2D eigenvalue weighted by atomic mass is 35.5. The average molecular weight is 418 g/mol. The van der Waals surface area contributed by atoms with Crippen LogP contribution in [0.15, 0.2) is 42.5 Å². The molecule has 28 heavy (non-hydrogen) atoms. The molecule has 3 aromatic rings. The first-order chi connectivity index (χ1) is 13.5. The van der Waals surface area contributed by atoms with Gasteiger partial charge in [0.1, 0.15) is 5.75 Å². The number of aromatic hydroxyl groups is 1. The highest BCUT2D eigenvalue weighted by Gasteiger charge is 2.15. The third kappa shape index (κ3) is 4.59. The number of carbonyl (C=O) groups excluding carboxylic acids is 1. The normalized spacial score (nSPS) is 11.2. The maximum Gasteiger partial charge on any atom is 0.286 e. The summed E-state index contributed by atoms with van der Waals surface area (Å²) < 4.78 is 10.1. The van der Waals surface area contributed by atoms with Crippen LogP contribution in [0, 0.1) is 0 Å². The smallest absolute Gasteiger partial charge is 0.286 e. The van der Waals surface area contributed by atoms with Crippen molar-refractivity contribution in [2.45, 2.75) is 0 Å². The van der Waals surface area contributed by atoms with Gasteiger partial charge in [0.05, 0.1) is 19.3 Å². The fourth-order valence-corrected chi connectivity index (χ4v) is 3.20. The number of carbonyl (C=O) groups is 1. The highest BCUT2D eigenvalue weighted by molar-refractivity contribution is 7.15. The van der Waals surface area contributed by atoms with Crippen LogP contribution in [0.3, 0.4) is 0 Å². The number of methoxy groups -OCH3 is 2. The fraction of sp³-hybridized carbons (Fsp3) is 0.105. The molecule has 1 aromatic heterocycles. The van der Waals surface area contributed by atoms with E-state index in [1.54, 1.807) is 49.6 Å². The summed E-state index contributed by atoms with van der Waals surface area (Å²) in [6.07, 6.45) is 1.62. The molecule has 1 heterocycles. The molecular weight excluding hydrogens is 402 g/mol. The molecule has 0 saturated carbocycles. The van der Waals surface area contributed by atoms with Crippen LogP contribution in [0.5, 0.6) is 17.2 Å². The Kier molecular flexibility index (Phi) is 6.13. The summed E-state index contributed by atoms with van der Waals surface area (Å²) in [5.74, 6) is 0.664. The number of phenolic OH excluding ortho intramolecular Hbond substituents is 1. The van der Waals surface area contributed by atoms with E-state index >= 15 is 0 Å². The third-order valence-corrected chi connectivity index (χ3v) is 5.02. The lowest BCUT2D eigenvalue weighted by Crippen LogP contribution is -2.11. The van der Waals surface area contributed by atoms with Gasteiger partial charge in [-0.15, -0.1) is 10.2 Å². The zero-order chi connectivity index (χ0) is 20.1. The number of phenols is 1. The number of amides is 1. The van der Waals surface area contributed by atoms with E-state index in [2.05, 4.69) is 15.5 Å². The fourth-order valence-electron chi connectivity index (χ4n) is 2.28. The molecule has 2 aromatic carbocycles. The van der Waals surface area contributed by atoms with Crippen molar-refractivity contribution in [3.63, 3.8) is 0 Å². The molecular formula is C19H16ClN3O4S. The number of hydrogen-bond donors (Lipinski definition) is 2. The van der Waals surface area contributed by atoms with Crippen molar-refractivity contribution in [1.82, 2.24) is 10.2 Å². The first kappa shape index (κ1) is 19.7. The Labute approximate surface area is 170 Å². The first-order valence-electron chi connectivity index (χ1n) is 8.03. The van der Waals surface area contributed by atoms with Crippen molar-refractivity contribution in [2.24, 2.45) is 0 Å². The van der Waals surface area contributed by atoms with Gasteiger partial charge in [0.25, 0.3) is 5.91 Å². The van der Waals surface area contributed by atoms with Gasteiger partial charge in [0, 0.05) is 5.69 Å². The molecule has 0 fully saturated rings. The van der Waals surface area contributed by atoms with Crippen LogP contribution in [-0.2, 0) is 0 Å². The summed E-state index contributed by atoms with van der Waals surface area (Å²) >= 11 is 7.35. The van der Waals surface area contributed by atoms with Crippen LogP contribution in [0.25, 0.3) is 11.1 Å². The minimum Gasteiger partial charge on any atom is -0.504 e. The Balaban J connectivity index is 1.73. The number of benzene rings is 2. The SMILES string of the molecule is COc1ccc(NC(=O)c2nnc(C(Cl)=Cc3ccc(OC)c(O)c3)s2)cc1. The zero-order valence-electron chi connectivity index (χ0n) is 15.0. The molecule has 0 atom stereocenters. The first-order valence-corrected chi connectivity index (χ1v) is 9.23. The average Bonchev–Trinajstić information content (AvgIpc) is 3.19. The molecule has 0 radical (unpaired) electrons. The quantitative estimate of drug-likeness (QED) is 0.622. The second kappa shape index (κ2) is 8.73. The summed E-state index contributed by atoms with van der Waals surface area (Å²) in [5, 5.41) is 21.3. The zero-order valence-corrected chi connectivity index (χ0v) is 16.5. The van der Waals surface area contributed by atoms with Crippen molar-refractivity contribution in [3.05, 3.63) is 58.0 Å². The lowest BCUT2D eigenvalue weighted by atomic mass is 10.2. The molecule has 0 spiro atoms. The minimum absolute atomic E-state index is 0.00228. The summed E-state index contributed by atoms with van der Waals surface area (Å²) in [5.41, 5.74) is 1.26. The van der Waals surface area contributed by atoms with E-state index in [-0.39, 0.29) is 16.7 Å². The van der Waals surface area contributed by atoms with Crippen molar-refractivity contribution >= 4 is 45.6 Å². The van der Waals surface area contributed by atoms with Crippen LogP contribution < -0.4 is 14.8 Å². The summed E-state index contributed by atoms with van der Waals surface area (Å²) in [7, 11) is 3.04. The van der Waals surface area contributed by atoms with E-state index in [0.29, 0.717) is 32.8 Å². The largest absolute Gasteiger partial charge is 0.504 e. The molecule has 2 N–H and O–H groups in total. The Morgan fingerprint density at radius 3 is 2.46 bits per heavy atom. The lowest BCUT2D eigenvalue weighted by Gasteiger charge is -2.04. The van der Waals surface area contributed by atoms with Crippen molar-refractivity contribution < 1.29 is 19.4 Å². The van der Waals surface area contributed by atoms with E-state index in [4.69, 9.17) is 21.1 Å².